The van der Waals surface area contributed by atoms with Gasteiger partial charge in [-0.25, -0.2) is 0 Å². The van der Waals surface area contributed by atoms with Crippen LogP contribution in [0.4, 0.5) is 11.4 Å². The predicted molar refractivity (Wildman–Crippen MR) is 77.2 cm³/mol. The number of hydrogen-bond donors (Lipinski definition) is 1. The zero-order valence-corrected chi connectivity index (χ0v) is 11.2. The van der Waals surface area contributed by atoms with Crippen molar-refractivity contribution in [2.24, 2.45) is 0 Å². The highest BCUT2D eigenvalue weighted by atomic mass is 16.5. The van der Waals surface area contributed by atoms with Gasteiger partial charge in [0.15, 0.2) is 5.78 Å². The summed E-state index contributed by atoms with van der Waals surface area (Å²) in [6.07, 6.45) is 0.443. The van der Waals surface area contributed by atoms with E-state index in [0.29, 0.717) is 24.3 Å². The predicted octanol–water partition coefficient (Wildman–Crippen LogP) is 3.40. The largest absolute Gasteiger partial charge is 0.497 e. The molecule has 4 heteroatoms. The van der Waals surface area contributed by atoms with Crippen molar-refractivity contribution in [3.05, 3.63) is 48.0 Å². The van der Waals surface area contributed by atoms with Crippen molar-refractivity contribution in [1.82, 2.24) is 0 Å². The van der Waals surface area contributed by atoms with Crippen molar-refractivity contribution < 1.29 is 14.3 Å². The van der Waals surface area contributed by atoms with Gasteiger partial charge in [-0.05, 0) is 42.5 Å². The van der Waals surface area contributed by atoms with Crippen LogP contribution in [0.25, 0.3) is 0 Å². The molecule has 0 radical (unpaired) electrons. The standard InChI is InChI=1S/C16H15NO3/c1-19-13-5-2-11(3-6-13)17-12-4-7-16-14(10-12)15(18)8-9-20-16/h2-7,10,17H,8-9H2,1H3. The molecular formula is C16H15NO3. The van der Waals surface area contributed by atoms with Crippen LogP contribution in [0.5, 0.6) is 11.5 Å². The van der Waals surface area contributed by atoms with Gasteiger partial charge < -0.3 is 14.8 Å². The maximum atomic E-state index is 11.8. The summed E-state index contributed by atoms with van der Waals surface area (Å²) in [5, 5.41) is 3.26. The van der Waals surface area contributed by atoms with Crippen molar-refractivity contribution in [3.63, 3.8) is 0 Å². The fraction of sp³-hybridized carbons (Fsp3) is 0.188. The summed E-state index contributed by atoms with van der Waals surface area (Å²) < 4.78 is 10.6. The average Bonchev–Trinajstić information content (AvgIpc) is 2.49. The number of methoxy groups -OCH3 is 1. The van der Waals surface area contributed by atoms with Gasteiger partial charge in [0.05, 0.1) is 19.3 Å². The molecule has 1 aliphatic rings. The average molecular weight is 269 g/mol. The number of ether oxygens (including phenoxy) is 2. The van der Waals surface area contributed by atoms with Gasteiger partial charge in [0.25, 0.3) is 0 Å². The summed E-state index contributed by atoms with van der Waals surface area (Å²) >= 11 is 0. The van der Waals surface area contributed by atoms with Gasteiger partial charge in [0.2, 0.25) is 0 Å². The fourth-order valence-electron chi connectivity index (χ4n) is 2.18. The number of carbonyl (C=O) groups excluding carboxylic acids is 1. The van der Waals surface area contributed by atoms with E-state index in [4.69, 9.17) is 9.47 Å². The molecule has 0 unspecified atom stereocenters. The van der Waals surface area contributed by atoms with Crippen molar-refractivity contribution in [3.8, 4) is 11.5 Å². The molecule has 1 N–H and O–H groups in total. The van der Waals surface area contributed by atoms with Crippen LogP contribution in [-0.2, 0) is 0 Å². The van der Waals surface area contributed by atoms with Crippen molar-refractivity contribution in [2.45, 2.75) is 6.42 Å². The molecule has 0 aromatic heterocycles. The van der Waals surface area contributed by atoms with Gasteiger partial charge in [-0.15, -0.1) is 0 Å². The first-order valence-electron chi connectivity index (χ1n) is 6.47. The molecule has 20 heavy (non-hydrogen) atoms. The van der Waals surface area contributed by atoms with E-state index in [9.17, 15) is 4.79 Å². The first-order chi connectivity index (χ1) is 9.76. The van der Waals surface area contributed by atoms with E-state index < -0.39 is 0 Å². The lowest BCUT2D eigenvalue weighted by atomic mass is 10.0. The van der Waals surface area contributed by atoms with Gasteiger partial charge in [-0.1, -0.05) is 0 Å². The van der Waals surface area contributed by atoms with Crippen LogP contribution < -0.4 is 14.8 Å². The molecule has 102 valence electrons. The van der Waals surface area contributed by atoms with Crippen LogP contribution >= 0.6 is 0 Å². The lowest BCUT2D eigenvalue weighted by Gasteiger charge is -2.17. The molecule has 0 saturated heterocycles. The molecule has 0 spiro atoms. The second-order valence-corrected chi connectivity index (χ2v) is 4.59. The Hall–Kier alpha value is -2.49. The SMILES string of the molecule is COc1ccc(Nc2ccc3c(c2)C(=O)CCO3)cc1. The van der Waals surface area contributed by atoms with Gasteiger partial charge in [0, 0.05) is 17.8 Å². The normalized spacial score (nSPS) is 13.3. The highest BCUT2D eigenvalue weighted by Crippen LogP contribution is 2.29. The van der Waals surface area contributed by atoms with Gasteiger partial charge >= 0.3 is 0 Å². The molecule has 0 atom stereocenters. The smallest absolute Gasteiger partial charge is 0.170 e. The Morgan fingerprint density at radius 1 is 1.10 bits per heavy atom. The molecule has 2 aromatic rings. The van der Waals surface area contributed by atoms with E-state index in [1.807, 2.05) is 42.5 Å². The second kappa shape index (κ2) is 5.25. The van der Waals surface area contributed by atoms with Crippen LogP contribution in [0.2, 0.25) is 0 Å². The van der Waals surface area contributed by atoms with E-state index in [0.717, 1.165) is 17.1 Å². The molecule has 0 bridgehead atoms. The van der Waals surface area contributed by atoms with Crippen LogP contribution in [-0.4, -0.2) is 19.5 Å². The number of nitrogens with one attached hydrogen (secondary N) is 1. The van der Waals surface area contributed by atoms with Crippen LogP contribution in [0.3, 0.4) is 0 Å². The lowest BCUT2D eigenvalue weighted by molar-refractivity contribution is 0.0933. The van der Waals surface area contributed by atoms with Gasteiger partial charge in [-0.2, -0.15) is 0 Å². The highest BCUT2D eigenvalue weighted by molar-refractivity contribution is 6.00. The molecule has 0 amide bonds. The number of benzene rings is 2. The molecular weight excluding hydrogens is 254 g/mol. The Bertz CT molecular complexity index is 635. The van der Waals surface area contributed by atoms with Crippen molar-refractivity contribution in [2.75, 3.05) is 19.0 Å². The fourth-order valence-corrected chi connectivity index (χ4v) is 2.18. The molecule has 1 heterocycles. The number of anilines is 2. The molecule has 1 aliphatic heterocycles. The maximum absolute atomic E-state index is 11.8. The summed E-state index contributed by atoms with van der Waals surface area (Å²) in [5.41, 5.74) is 2.46. The Morgan fingerprint density at radius 3 is 2.60 bits per heavy atom. The monoisotopic (exact) mass is 269 g/mol. The van der Waals surface area contributed by atoms with E-state index >= 15 is 0 Å². The zero-order valence-electron chi connectivity index (χ0n) is 11.2. The summed E-state index contributed by atoms with van der Waals surface area (Å²) in [6, 6.07) is 13.2. The lowest BCUT2D eigenvalue weighted by Crippen LogP contribution is -2.15. The van der Waals surface area contributed by atoms with E-state index in [-0.39, 0.29) is 5.78 Å². The Morgan fingerprint density at radius 2 is 1.85 bits per heavy atom. The minimum absolute atomic E-state index is 0.129. The molecule has 3 rings (SSSR count). The third kappa shape index (κ3) is 2.45. The zero-order chi connectivity index (χ0) is 13.9. The Balaban J connectivity index is 1.83. The summed E-state index contributed by atoms with van der Waals surface area (Å²) in [5.74, 6) is 1.61. The first-order valence-corrected chi connectivity index (χ1v) is 6.47. The van der Waals surface area contributed by atoms with Crippen LogP contribution in [0.1, 0.15) is 16.8 Å². The van der Waals surface area contributed by atoms with Crippen LogP contribution in [0.15, 0.2) is 42.5 Å². The van der Waals surface area contributed by atoms with Crippen molar-refractivity contribution in [1.29, 1.82) is 0 Å². The number of carbonyl (C=O) groups is 1. The minimum Gasteiger partial charge on any atom is -0.497 e. The topological polar surface area (TPSA) is 47.6 Å². The minimum atomic E-state index is 0.129. The third-order valence-corrected chi connectivity index (χ3v) is 3.25. The van der Waals surface area contributed by atoms with Gasteiger partial charge in [0.1, 0.15) is 11.5 Å². The Kier molecular flexibility index (Phi) is 3.29. The third-order valence-electron chi connectivity index (χ3n) is 3.25. The number of hydrogen-bond acceptors (Lipinski definition) is 4. The highest BCUT2D eigenvalue weighted by Gasteiger charge is 2.18. The Labute approximate surface area is 117 Å². The molecule has 0 fully saturated rings. The number of fused-ring (bicyclic) bond motifs is 1. The van der Waals surface area contributed by atoms with Crippen LogP contribution in [0, 0.1) is 0 Å². The first kappa shape index (κ1) is 12.5. The van der Waals surface area contributed by atoms with E-state index in [1.165, 1.54) is 0 Å². The summed E-state index contributed by atoms with van der Waals surface area (Å²) in [4.78, 5) is 11.8. The molecule has 0 aliphatic carbocycles. The quantitative estimate of drug-likeness (QED) is 0.927. The number of Topliss-reactive ketones (excluding diaryl/α,β-unsaturated/α-hetero) is 1. The van der Waals surface area contributed by atoms with Crippen molar-refractivity contribution >= 4 is 17.2 Å². The molecule has 4 nitrogen and oxygen atoms in total. The summed E-state index contributed by atoms with van der Waals surface area (Å²) in [7, 11) is 1.64. The second-order valence-electron chi connectivity index (χ2n) is 4.59. The maximum Gasteiger partial charge on any atom is 0.170 e. The van der Waals surface area contributed by atoms with E-state index in [2.05, 4.69) is 5.32 Å². The molecule has 2 aromatic carbocycles. The van der Waals surface area contributed by atoms with E-state index in [1.54, 1.807) is 7.11 Å². The summed E-state index contributed by atoms with van der Waals surface area (Å²) in [6.45, 7) is 0.469. The molecule has 0 saturated carbocycles. The number of ketones is 1. The number of rotatable bonds is 3. The van der Waals surface area contributed by atoms with Gasteiger partial charge in [-0.3, -0.25) is 4.79 Å².